The maximum atomic E-state index is 13.4. The van der Waals surface area contributed by atoms with Crippen molar-refractivity contribution in [2.45, 2.75) is 26.3 Å². The highest BCUT2D eigenvalue weighted by molar-refractivity contribution is 5.96. The molecule has 0 radical (unpaired) electrons. The van der Waals surface area contributed by atoms with Crippen molar-refractivity contribution in [3.05, 3.63) is 46.1 Å². The number of terminal acetylenes is 1. The summed E-state index contributed by atoms with van der Waals surface area (Å²) in [7, 11) is 0. The van der Waals surface area contributed by atoms with E-state index in [0.29, 0.717) is 11.9 Å². The summed E-state index contributed by atoms with van der Waals surface area (Å²) < 4.78 is 14.8. The molecular formula is C17H17FN2O2. The van der Waals surface area contributed by atoms with Crippen LogP contribution in [0.4, 0.5) is 4.39 Å². The number of amides is 1. The van der Waals surface area contributed by atoms with Crippen LogP contribution in [0.2, 0.25) is 0 Å². The molecular weight excluding hydrogens is 283 g/mol. The van der Waals surface area contributed by atoms with Gasteiger partial charge in [-0.15, -0.1) is 6.42 Å². The minimum Gasteiger partial charge on any atom is -0.340 e. The van der Waals surface area contributed by atoms with Gasteiger partial charge in [0.25, 0.3) is 11.5 Å². The molecule has 22 heavy (non-hydrogen) atoms. The van der Waals surface area contributed by atoms with Crippen LogP contribution in [0.5, 0.6) is 0 Å². The lowest BCUT2D eigenvalue weighted by atomic mass is 10.1. The van der Waals surface area contributed by atoms with Gasteiger partial charge in [0, 0.05) is 6.54 Å². The number of carbonyl (C=O) groups excluding carboxylic acids is 1. The van der Waals surface area contributed by atoms with E-state index in [4.69, 9.17) is 6.42 Å². The molecule has 1 N–H and O–H groups in total. The van der Waals surface area contributed by atoms with Crippen LogP contribution in [-0.4, -0.2) is 17.0 Å². The second-order valence-corrected chi connectivity index (χ2v) is 4.96. The Labute approximate surface area is 127 Å². The quantitative estimate of drug-likeness (QED) is 0.861. The summed E-state index contributed by atoms with van der Waals surface area (Å²) in [5.74, 6) is 1.44. The number of nitrogens with zero attached hydrogens (tertiary/aromatic N) is 1. The van der Waals surface area contributed by atoms with Crippen LogP contribution in [0.15, 0.2) is 29.1 Å². The summed E-state index contributed by atoms with van der Waals surface area (Å²) in [6, 6.07) is 5.55. The third kappa shape index (κ3) is 3.17. The molecule has 1 aromatic carbocycles. The molecule has 2 rings (SSSR count). The van der Waals surface area contributed by atoms with Gasteiger partial charge in [-0.1, -0.05) is 25.3 Å². The molecule has 0 bridgehead atoms. The van der Waals surface area contributed by atoms with Crippen molar-refractivity contribution in [1.29, 1.82) is 0 Å². The van der Waals surface area contributed by atoms with E-state index in [0.717, 1.165) is 12.8 Å². The maximum absolute atomic E-state index is 13.4. The summed E-state index contributed by atoms with van der Waals surface area (Å²) in [5, 5.41) is 3.36. The molecule has 0 saturated heterocycles. The van der Waals surface area contributed by atoms with E-state index in [9.17, 15) is 14.0 Å². The number of rotatable bonds is 5. The first-order valence-electron chi connectivity index (χ1n) is 7.13. The third-order valence-electron chi connectivity index (χ3n) is 3.39. The van der Waals surface area contributed by atoms with Gasteiger partial charge in [0.15, 0.2) is 0 Å². The summed E-state index contributed by atoms with van der Waals surface area (Å²) in [6.45, 7) is 2.48. The Morgan fingerprint density at radius 2 is 2.18 bits per heavy atom. The molecule has 0 aliphatic heterocycles. The Kier molecular flexibility index (Phi) is 4.95. The van der Waals surface area contributed by atoms with Crippen LogP contribution >= 0.6 is 0 Å². The minimum atomic E-state index is -0.476. The van der Waals surface area contributed by atoms with Crippen molar-refractivity contribution >= 4 is 16.7 Å². The van der Waals surface area contributed by atoms with Crippen molar-refractivity contribution in [2.24, 2.45) is 0 Å². The van der Waals surface area contributed by atoms with Gasteiger partial charge in [-0.25, -0.2) is 4.39 Å². The number of benzene rings is 1. The molecule has 0 aliphatic rings. The Morgan fingerprint density at radius 3 is 2.86 bits per heavy atom. The van der Waals surface area contributed by atoms with Gasteiger partial charge in [-0.2, -0.15) is 0 Å². The predicted molar refractivity (Wildman–Crippen MR) is 84.2 cm³/mol. The molecule has 0 atom stereocenters. The van der Waals surface area contributed by atoms with Crippen LogP contribution in [0, 0.1) is 18.2 Å². The van der Waals surface area contributed by atoms with E-state index >= 15 is 0 Å². The molecule has 0 saturated carbocycles. The van der Waals surface area contributed by atoms with Crippen molar-refractivity contribution in [3.63, 3.8) is 0 Å². The van der Waals surface area contributed by atoms with Gasteiger partial charge in [-0.05, 0) is 30.0 Å². The van der Waals surface area contributed by atoms with E-state index in [2.05, 4.69) is 11.2 Å². The normalized spacial score (nSPS) is 10.4. The zero-order chi connectivity index (χ0) is 16.1. The van der Waals surface area contributed by atoms with Gasteiger partial charge < -0.3 is 9.88 Å². The number of fused-ring (bicyclic) bond motifs is 1. The van der Waals surface area contributed by atoms with Crippen LogP contribution < -0.4 is 10.9 Å². The number of hydrogen-bond acceptors (Lipinski definition) is 2. The van der Waals surface area contributed by atoms with E-state index in [1.165, 1.54) is 22.8 Å². The minimum absolute atomic E-state index is 0.0856. The standard InChI is InChI=1S/C17H17FN2O2/c1-3-5-9-20-15(16(21)19-8-4-2)10-12-6-7-13(18)11-14(12)17(20)22/h2,6-7,10-11H,3,5,8-9H2,1H3,(H,19,21). The number of unbranched alkanes of at least 4 members (excludes halogenated alkanes) is 1. The number of carbonyl (C=O) groups is 1. The lowest BCUT2D eigenvalue weighted by molar-refractivity contribution is 0.0948. The summed E-state index contributed by atoms with van der Waals surface area (Å²) in [6.07, 6.45) is 6.76. The summed E-state index contributed by atoms with van der Waals surface area (Å²) >= 11 is 0. The van der Waals surface area contributed by atoms with Crippen LogP contribution in [0.1, 0.15) is 30.3 Å². The van der Waals surface area contributed by atoms with Gasteiger partial charge in [0.1, 0.15) is 11.5 Å². The lowest BCUT2D eigenvalue weighted by Crippen LogP contribution is -2.32. The van der Waals surface area contributed by atoms with Crippen LogP contribution in [0.25, 0.3) is 10.8 Å². The second-order valence-electron chi connectivity index (χ2n) is 4.96. The third-order valence-corrected chi connectivity index (χ3v) is 3.39. The highest BCUT2D eigenvalue weighted by Crippen LogP contribution is 2.15. The molecule has 0 fully saturated rings. The van der Waals surface area contributed by atoms with Gasteiger partial charge in [0.2, 0.25) is 0 Å². The zero-order valence-corrected chi connectivity index (χ0v) is 12.4. The Morgan fingerprint density at radius 1 is 1.41 bits per heavy atom. The molecule has 5 heteroatoms. The number of hydrogen-bond donors (Lipinski definition) is 1. The fraction of sp³-hybridized carbons (Fsp3) is 0.294. The molecule has 1 aromatic heterocycles. The lowest BCUT2D eigenvalue weighted by Gasteiger charge is -2.13. The average Bonchev–Trinajstić information content (AvgIpc) is 2.52. The van der Waals surface area contributed by atoms with Crippen LogP contribution in [-0.2, 0) is 6.54 Å². The monoisotopic (exact) mass is 300 g/mol. The largest absolute Gasteiger partial charge is 0.340 e. The molecule has 114 valence electrons. The van der Waals surface area contributed by atoms with Crippen molar-refractivity contribution in [1.82, 2.24) is 9.88 Å². The van der Waals surface area contributed by atoms with E-state index in [-0.39, 0.29) is 23.2 Å². The molecule has 0 spiro atoms. The van der Waals surface area contributed by atoms with Gasteiger partial charge >= 0.3 is 0 Å². The first kappa shape index (κ1) is 15.8. The first-order chi connectivity index (χ1) is 10.6. The molecule has 4 nitrogen and oxygen atoms in total. The average molecular weight is 300 g/mol. The fourth-order valence-corrected chi connectivity index (χ4v) is 2.27. The smallest absolute Gasteiger partial charge is 0.268 e. The van der Waals surface area contributed by atoms with Crippen molar-refractivity contribution < 1.29 is 9.18 Å². The number of pyridine rings is 1. The zero-order valence-electron chi connectivity index (χ0n) is 12.4. The van der Waals surface area contributed by atoms with E-state index in [1.54, 1.807) is 6.07 Å². The summed E-state index contributed by atoms with van der Waals surface area (Å²) in [5.41, 5.74) is -0.121. The van der Waals surface area contributed by atoms with Crippen molar-refractivity contribution in [2.75, 3.05) is 6.54 Å². The highest BCUT2D eigenvalue weighted by atomic mass is 19.1. The van der Waals surface area contributed by atoms with Crippen molar-refractivity contribution in [3.8, 4) is 12.3 Å². The SMILES string of the molecule is C#CCNC(=O)c1cc2ccc(F)cc2c(=O)n1CCCC. The Hall–Kier alpha value is -2.61. The second kappa shape index (κ2) is 6.90. The topological polar surface area (TPSA) is 51.1 Å². The Balaban J connectivity index is 2.62. The number of nitrogens with one attached hydrogen (secondary N) is 1. The maximum Gasteiger partial charge on any atom is 0.268 e. The molecule has 2 aromatic rings. The molecule has 0 unspecified atom stereocenters. The molecule has 1 heterocycles. The number of halogens is 1. The van der Waals surface area contributed by atoms with E-state index < -0.39 is 11.7 Å². The number of aromatic nitrogens is 1. The molecule has 1 amide bonds. The Bertz CT molecular complexity index is 803. The predicted octanol–water partition coefficient (Wildman–Crippen LogP) is 2.30. The molecule has 0 aliphatic carbocycles. The highest BCUT2D eigenvalue weighted by Gasteiger charge is 2.15. The van der Waals surface area contributed by atoms with Crippen LogP contribution in [0.3, 0.4) is 0 Å². The first-order valence-corrected chi connectivity index (χ1v) is 7.13. The summed E-state index contributed by atoms with van der Waals surface area (Å²) in [4.78, 5) is 24.8. The van der Waals surface area contributed by atoms with Gasteiger partial charge in [0.05, 0.1) is 11.9 Å². The van der Waals surface area contributed by atoms with Gasteiger partial charge in [-0.3, -0.25) is 9.59 Å². The van der Waals surface area contributed by atoms with E-state index in [1.807, 2.05) is 6.92 Å². The fourth-order valence-electron chi connectivity index (χ4n) is 2.27.